The van der Waals surface area contributed by atoms with Crippen molar-refractivity contribution in [1.82, 2.24) is 0 Å². The SMILES string of the molecule is O=[C]c1ccc(CS)cc1. The molecule has 0 heterocycles. The van der Waals surface area contributed by atoms with E-state index >= 15 is 0 Å². The maximum atomic E-state index is 10.1. The van der Waals surface area contributed by atoms with E-state index in [0.29, 0.717) is 11.3 Å². The zero-order valence-corrected chi connectivity index (χ0v) is 6.27. The molecule has 0 aliphatic rings. The number of rotatable bonds is 2. The van der Waals surface area contributed by atoms with Crippen molar-refractivity contribution >= 4 is 18.9 Å². The van der Waals surface area contributed by atoms with Crippen molar-refractivity contribution in [3.63, 3.8) is 0 Å². The number of benzene rings is 1. The number of carbonyl (C=O) groups excluding carboxylic acids is 1. The Labute approximate surface area is 65.5 Å². The van der Waals surface area contributed by atoms with Crippen molar-refractivity contribution in [2.75, 3.05) is 0 Å². The molecule has 0 aromatic heterocycles. The Morgan fingerprint density at radius 1 is 1.30 bits per heavy atom. The summed E-state index contributed by atoms with van der Waals surface area (Å²) in [6.45, 7) is 0. The molecule has 0 bridgehead atoms. The molecule has 2 heteroatoms. The molecule has 0 saturated carbocycles. The van der Waals surface area contributed by atoms with Gasteiger partial charge in [-0.25, -0.2) is 0 Å². The molecule has 1 aromatic carbocycles. The minimum absolute atomic E-state index is 0.588. The van der Waals surface area contributed by atoms with Gasteiger partial charge in [-0.05, 0) is 5.56 Å². The lowest BCUT2D eigenvalue weighted by atomic mass is 10.2. The van der Waals surface area contributed by atoms with E-state index in [-0.39, 0.29) is 0 Å². The van der Waals surface area contributed by atoms with Crippen molar-refractivity contribution in [3.8, 4) is 0 Å². The third kappa shape index (κ3) is 1.61. The fourth-order valence-corrected chi connectivity index (χ4v) is 0.889. The molecule has 0 aliphatic carbocycles. The van der Waals surface area contributed by atoms with Crippen LogP contribution in [0.25, 0.3) is 0 Å². The van der Waals surface area contributed by atoms with Gasteiger partial charge in [0.2, 0.25) is 6.29 Å². The second kappa shape index (κ2) is 3.42. The highest BCUT2D eigenvalue weighted by Gasteiger charge is 1.89. The molecule has 0 spiro atoms. The topological polar surface area (TPSA) is 17.1 Å². The fraction of sp³-hybridized carbons (Fsp3) is 0.125. The van der Waals surface area contributed by atoms with Crippen LogP contribution in [0.2, 0.25) is 0 Å². The maximum absolute atomic E-state index is 10.1. The van der Waals surface area contributed by atoms with Gasteiger partial charge in [-0.2, -0.15) is 12.6 Å². The summed E-state index contributed by atoms with van der Waals surface area (Å²) in [5.74, 6) is 0.707. The second-order valence-electron chi connectivity index (χ2n) is 1.96. The normalized spacial score (nSPS) is 9.30. The highest BCUT2D eigenvalue weighted by molar-refractivity contribution is 7.79. The molecular weight excluding hydrogens is 144 g/mol. The molecule has 0 atom stereocenters. The second-order valence-corrected chi connectivity index (χ2v) is 2.27. The van der Waals surface area contributed by atoms with E-state index in [2.05, 4.69) is 12.6 Å². The van der Waals surface area contributed by atoms with Crippen molar-refractivity contribution < 1.29 is 4.79 Å². The lowest BCUT2D eigenvalue weighted by Crippen LogP contribution is -1.80. The van der Waals surface area contributed by atoms with Crippen LogP contribution >= 0.6 is 12.6 Å². The average molecular weight is 151 g/mol. The predicted octanol–water partition coefficient (Wildman–Crippen LogP) is 1.57. The first kappa shape index (κ1) is 7.35. The first-order valence-corrected chi connectivity index (χ1v) is 3.58. The highest BCUT2D eigenvalue weighted by atomic mass is 32.1. The van der Waals surface area contributed by atoms with Crippen LogP contribution in [0.15, 0.2) is 24.3 Å². The van der Waals surface area contributed by atoms with Gasteiger partial charge in [-0.3, -0.25) is 4.79 Å². The minimum atomic E-state index is 0.588. The predicted molar refractivity (Wildman–Crippen MR) is 43.9 cm³/mol. The van der Waals surface area contributed by atoms with Gasteiger partial charge in [0.15, 0.2) is 0 Å². The summed E-state index contributed by atoms with van der Waals surface area (Å²) in [6, 6.07) is 7.21. The molecule has 51 valence electrons. The van der Waals surface area contributed by atoms with Crippen LogP contribution in [0.1, 0.15) is 11.1 Å². The largest absolute Gasteiger partial charge is 0.285 e. The van der Waals surface area contributed by atoms with Crippen LogP contribution in [0.4, 0.5) is 0 Å². The van der Waals surface area contributed by atoms with Gasteiger partial charge in [-0.1, -0.05) is 24.3 Å². The average Bonchev–Trinajstić information content (AvgIpc) is 2.05. The quantitative estimate of drug-likeness (QED) is 0.635. The molecule has 0 aliphatic heterocycles. The van der Waals surface area contributed by atoms with Crippen molar-refractivity contribution in [1.29, 1.82) is 0 Å². The Hall–Kier alpha value is -0.760. The Morgan fingerprint density at radius 2 is 1.90 bits per heavy atom. The molecule has 1 rings (SSSR count). The van der Waals surface area contributed by atoms with E-state index in [4.69, 9.17) is 0 Å². The van der Waals surface area contributed by atoms with E-state index < -0.39 is 0 Å². The third-order valence-electron chi connectivity index (χ3n) is 1.25. The van der Waals surface area contributed by atoms with Gasteiger partial charge in [0.1, 0.15) is 0 Å². The monoisotopic (exact) mass is 151 g/mol. The first-order chi connectivity index (χ1) is 4.86. The maximum Gasteiger partial charge on any atom is 0.233 e. The molecule has 0 N–H and O–H groups in total. The first-order valence-electron chi connectivity index (χ1n) is 2.95. The zero-order chi connectivity index (χ0) is 7.40. The van der Waals surface area contributed by atoms with Crippen LogP contribution < -0.4 is 0 Å². The van der Waals surface area contributed by atoms with Crippen LogP contribution in [0.3, 0.4) is 0 Å². The Balaban J connectivity index is 2.90. The number of thiol groups is 1. The van der Waals surface area contributed by atoms with E-state index in [0.717, 1.165) is 5.56 Å². The standard InChI is InChI=1S/C8H7OS/c9-5-7-1-3-8(6-10)4-2-7/h1-4,10H,6H2. The fourth-order valence-electron chi connectivity index (χ4n) is 0.678. The van der Waals surface area contributed by atoms with Crippen molar-refractivity contribution in [3.05, 3.63) is 35.4 Å². The summed E-state index contributed by atoms with van der Waals surface area (Å²) < 4.78 is 0. The zero-order valence-electron chi connectivity index (χ0n) is 5.37. The van der Waals surface area contributed by atoms with Crippen LogP contribution in [0, 0.1) is 0 Å². The minimum Gasteiger partial charge on any atom is -0.285 e. The van der Waals surface area contributed by atoms with Crippen molar-refractivity contribution in [2.24, 2.45) is 0 Å². The van der Waals surface area contributed by atoms with Crippen LogP contribution in [0.5, 0.6) is 0 Å². The molecule has 0 unspecified atom stereocenters. The number of hydrogen-bond donors (Lipinski definition) is 1. The van der Waals surface area contributed by atoms with Gasteiger partial charge < -0.3 is 0 Å². The van der Waals surface area contributed by atoms with Gasteiger partial charge in [0.25, 0.3) is 0 Å². The molecule has 0 saturated heterocycles. The molecule has 0 amide bonds. The molecule has 10 heavy (non-hydrogen) atoms. The van der Waals surface area contributed by atoms with Crippen molar-refractivity contribution in [2.45, 2.75) is 5.75 Å². The molecule has 0 fully saturated rings. The molecule has 1 nitrogen and oxygen atoms in total. The van der Waals surface area contributed by atoms with Gasteiger partial charge in [0.05, 0.1) is 0 Å². The highest BCUT2D eigenvalue weighted by Crippen LogP contribution is 2.04. The summed E-state index contributed by atoms with van der Waals surface area (Å²) >= 11 is 4.08. The van der Waals surface area contributed by atoms with E-state index in [9.17, 15) is 4.79 Å². The molecule has 1 aromatic rings. The summed E-state index contributed by atoms with van der Waals surface area (Å²) in [4.78, 5) is 10.1. The lowest BCUT2D eigenvalue weighted by Gasteiger charge is -1.92. The molecular formula is C8H7OS. The summed E-state index contributed by atoms with van der Waals surface area (Å²) in [5, 5.41) is 0. The Morgan fingerprint density at radius 3 is 2.30 bits per heavy atom. The van der Waals surface area contributed by atoms with Gasteiger partial charge >= 0.3 is 0 Å². The summed E-state index contributed by atoms with van der Waals surface area (Å²) in [7, 11) is 0. The van der Waals surface area contributed by atoms with E-state index in [1.807, 2.05) is 12.1 Å². The smallest absolute Gasteiger partial charge is 0.233 e. The molecule has 1 radical (unpaired) electrons. The Bertz CT molecular complexity index is 215. The van der Waals surface area contributed by atoms with Crippen LogP contribution in [-0.4, -0.2) is 6.29 Å². The van der Waals surface area contributed by atoms with Gasteiger partial charge in [0, 0.05) is 11.3 Å². The van der Waals surface area contributed by atoms with E-state index in [1.165, 1.54) is 0 Å². The van der Waals surface area contributed by atoms with E-state index in [1.54, 1.807) is 18.4 Å². The lowest BCUT2D eigenvalue weighted by molar-refractivity contribution is 0.563. The summed E-state index contributed by atoms with van der Waals surface area (Å²) in [6.07, 6.45) is 1.80. The Kier molecular flexibility index (Phi) is 2.51. The van der Waals surface area contributed by atoms with Gasteiger partial charge in [-0.15, -0.1) is 0 Å². The third-order valence-corrected chi connectivity index (χ3v) is 1.62. The number of hydrogen-bond acceptors (Lipinski definition) is 2. The van der Waals surface area contributed by atoms with Crippen LogP contribution in [-0.2, 0) is 10.5 Å². The summed E-state index contributed by atoms with van der Waals surface area (Å²) in [5.41, 5.74) is 1.70.